The summed E-state index contributed by atoms with van der Waals surface area (Å²) in [5.74, 6) is 0. The first-order valence-electron chi connectivity index (χ1n) is 0.154. The molecule has 0 rings (SSSR count). The summed E-state index contributed by atoms with van der Waals surface area (Å²) in [7, 11) is 0. The van der Waals surface area contributed by atoms with Gasteiger partial charge in [0.2, 0.25) is 0 Å². The van der Waals surface area contributed by atoms with Crippen LogP contribution in [-0.4, -0.2) is 0 Å². The van der Waals surface area contributed by atoms with Crippen molar-refractivity contribution in [2.75, 3.05) is 0 Å². The van der Waals surface area contributed by atoms with Gasteiger partial charge in [-0.15, -0.1) is 0 Å². The monoisotopic (exact) mass is 262 g/mol. The first-order valence-corrected chi connectivity index (χ1v) is 0.636. The average molecular weight is 262 g/mol. The van der Waals surface area contributed by atoms with E-state index in [1.165, 1.54) is 0 Å². The van der Waals surface area contributed by atoms with Crippen LogP contribution >= 0.6 is 0 Å². The third-order valence-electron chi connectivity index (χ3n) is 0. The number of rotatable bonds is 0. The van der Waals surface area contributed by atoms with E-state index < -0.39 is 0 Å². The molecule has 0 saturated carbocycles. The molecule has 0 atom stereocenters. The zero-order chi connectivity index (χ0) is 2.00. The molecule has 1 nitrogen and oxygen atoms in total. The Morgan fingerprint density at radius 2 is 1.25 bits per heavy atom. The molecule has 0 saturated heterocycles. The standard InChI is InChI=1S/Ce.Mn.O.V. The maximum absolute atomic E-state index is 8.06. The van der Waals surface area contributed by atoms with Crippen LogP contribution in [0.25, 0.3) is 0 Å². The summed E-state index contributed by atoms with van der Waals surface area (Å²) < 4.78 is 8.06. The maximum Gasteiger partial charge on any atom is 0 e. The van der Waals surface area contributed by atoms with Crippen molar-refractivity contribution in [3.8, 4) is 0 Å². The fourth-order valence-electron chi connectivity index (χ4n) is 0. The summed E-state index contributed by atoms with van der Waals surface area (Å²) in [6.45, 7) is 0. The zero-order valence-corrected chi connectivity index (χ0v) is 7.45. The van der Waals surface area contributed by atoms with E-state index in [1.54, 1.807) is 15.9 Å². The van der Waals surface area contributed by atoms with E-state index in [4.69, 9.17) is 3.83 Å². The van der Waals surface area contributed by atoms with E-state index in [1.807, 2.05) is 0 Å². The third kappa shape index (κ3) is 8.86. The molecule has 0 amide bonds. The van der Waals surface area contributed by atoms with E-state index in [0.717, 1.165) is 0 Å². The van der Waals surface area contributed by atoms with Gasteiger partial charge in [0.15, 0.2) is 0 Å². The van der Waals surface area contributed by atoms with E-state index in [2.05, 4.69) is 0 Å². The van der Waals surface area contributed by atoms with Crippen molar-refractivity contribution in [3.63, 3.8) is 0 Å². The largest absolute Gasteiger partial charge is 0 e. The fraction of sp³-hybridized carbons (Fsp3) is 0. The van der Waals surface area contributed by atoms with Crippen LogP contribution in [-0.2, 0) is 38.3 Å². The molecular weight excluding hydrogens is 262 g/mol. The molecule has 4 heavy (non-hydrogen) atoms. The van der Waals surface area contributed by atoms with Crippen molar-refractivity contribution in [2.24, 2.45) is 0 Å². The van der Waals surface area contributed by atoms with Crippen molar-refractivity contribution < 1.29 is 80.1 Å². The molecule has 4 heteroatoms. The van der Waals surface area contributed by atoms with E-state index in [0.29, 0.717) is 0 Å². The molecule has 0 aliphatic carbocycles. The van der Waals surface area contributed by atoms with Gasteiger partial charge in [-0.2, -0.15) is 0 Å². The molecule has 0 aromatic carbocycles. The molecule has 0 unspecified atom stereocenters. The first-order chi connectivity index (χ1) is 1.00. The molecule has 22 valence electrons. The fourth-order valence-corrected chi connectivity index (χ4v) is 0. The Bertz CT molecular complexity index is 8.00. The van der Waals surface area contributed by atoms with Crippen LogP contribution in [0.15, 0.2) is 0 Å². The Kier molecular flexibility index (Phi) is 75.7. The van der Waals surface area contributed by atoms with E-state index >= 15 is 0 Å². The molecule has 0 spiro atoms. The molecule has 0 aromatic heterocycles. The molecule has 0 aliphatic heterocycles. The van der Waals surface area contributed by atoms with Crippen molar-refractivity contribution in [3.05, 3.63) is 0 Å². The van der Waals surface area contributed by atoms with Crippen LogP contribution in [0.3, 0.4) is 0 Å². The van der Waals surface area contributed by atoms with Gasteiger partial charge in [-0.05, 0) is 0 Å². The third-order valence-corrected chi connectivity index (χ3v) is 0. The summed E-state index contributed by atoms with van der Waals surface area (Å²) in [5.41, 5.74) is 0. The Labute approximate surface area is 78.6 Å². The van der Waals surface area contributed by atoms with Crippen LogP contribution in [0.5, 0.6) is 0 Å². The predicted molar refractivity (Wildman–Crippen MR) is 0.686 cm³/mol. The Morgan fingerprint density at radius 3 is 1.25 bits per heavy atom. The van der Waals surface area contributed by atoms with Gasteiger partial charge in [-0.25, -0.2) is 0 Å². The molecule has 1 radical (unpaired) electrons. The Hall–Kier alpha value is 2.28. The van der Waals surface area contributed by atoms with Crippen LogP contribution in [0.1, 0.15) is 0 Å². The molecule has 0 aliphatic rings. The molecule has 0 fully saturated rings. The summed E-state index contributed by atoms with van der Waals surface area (Å²) in [5, 5.41) is 0. The molecule has 0 aromatic rings. The SMILES string of the molecule is [Ce].[O]=[Mn].[V]. The summed E-state index contributed by atoms with van der Waals surface area (Å²) in [6, 6.07) is 0. The van der Waals surface area contributed by atoms with Gasteiger partial charge in [0.05, 0.1) is 0 Å². The second-order valence-corrected chi connectivity index (χ2v) is 0. The van der Waals surface area contributed by atoms with Gasteiger partial charge in [0.1, 0.15) is 0 Å². The minimum atomic E-state index is 0. The molecule has 0 N–H and O–H groups in total. The van der Waals surface area contributed by atoms with Crippen molar-refractivity contribution in [2.45, 2.75) is 0 Å². The molecule has 0 heterocycles. The average Bonchev–Trinajstić information content (AvgIpc) is 1.00. The van der Waals surface area contributed by atoms with Crippen LogP contribution in [0.4, 0.5) is 0 Å². The summed E-state index contributed by atoms with van der Waals surface area (Å²) in [6.07, 6.45) is 0. The first kappa shape index (κ1) is 16.3. The Balaban J connectivity index is -0.00000000500. The van der Waals surface area contributed by atoms with Gasteiger partial charge < -0.3 is 0 Å². The molecular formula is CeMnOV. The van der Waals surface area contributed by atoms with Gasteiger partial charge in [-0.3, -0.25) is 0 Å². The quantitative estimate of drug-likeness (QED) is 0.556. The van der Waals surface area contributed by atoms with Crippen LogP contribution in [0.2, 0.25) is 0 Å². The number of hydrogen-bond acceptors (Lipinski definition) is 1. The van der Waals surface area contributed by atoms with Gasteiger partial charge in [0, 0.05) is 60.3 Å². The summed E-state index contributed by atoms with van der Waals surface area (Å²) >= 11 is 1.69. The minimum Gasteiger partial charge on any atom is 0 e. The van der Waals surface area contributed by atoms with Gasteiger partial charge in [-0.1, -0.05) is 0 Å². The summed E-state index contributed by atoms with van der Waals surface area (Å²) in [4.78, 5) is 0. The second kappa shape index (κ2) is 18.6. The normalized spacial score (nSPS) is 1.00. The second-order valence-electron chi connectivity index (χ2n) is 0. The van der Waals surface area contributed by atoms with E-state index in [-0.39, 0.29) is 60.3 Å². The maximum atomic E-state index is 8.06. The predicted octanol–water partition coefficient (Wildman–Crippen LogP) is -0.124. The Morgan fingerprint density at radius 1 is 1.25 bits per heavy atom. The zero-order valence-electron chi connectivity index (χ0n) is 1.73. The topological polar surface area (TPSA) is 17.1 Å². The van der Waals surface area contributed by atoms with Crippen molar-refractivity contribution in [1.82, 2.24) is 0 Å². The number of hydrogen-bond donors (Lipinski definition) is 0. The van der Waals surface area contributed by atoms with Crippen LogP contribution in [0, 0.1) is 41.7 Å². The minimum absolute atomic E-state index is 0. The van der Waals surface area contributed by atoms with Gasteiger partial charge >= 0.3 is 19.8 Å². The van der Waals surface area contributed by atoms with Gasteiger partial charge in [0.25, 0.3) is 0 Å². The van der Waals surface area contributed by atoms with E-state index in [9.17, 15) is 0 Å². The van der Waals surface area contributed by atoms with Crippen LogP contribution < -0.4 is 0 Å². The molecule has 0 bridgehead atoms. The van der Waals surface area contributed by atoms with Crippen molar-refractivity contribution in [1.29, 1.82) is 0 Å². The smallest absolute Gasteiger partial charge is 0 e. The van der Waals surface area contributed by atoms with Crippen molar-refractivity contribution >= 4 is 0 Å².